The summed E-state index contributed by atoms with van der Waals surface area (Å²) in [5.74, 6) is 0.710. The molecule has 1 fully saturated rings. The number of rotatable bonds is 2. The molecule has 1 aliphatic rings. The highest BCUT2D eigenvalue weighted by atomic mass is 16.3. The predicted molar refractivity (Wildman–Crippen MR) is 85.6 cm³/mol. The van der Waals surface area contributed by atoms with E-state index in [2.05, 4.69) is 47.1 Å². The van der Waals surface area contributed by atoms with Crippen molar-refractivity contribution in [1.29, 1.82) is 0 Å². The van der Waals surface area contributed by atoms with Crippen LogP contribution >= 0.6 is 0 Å². The van der Waals surface area contributed by atoms with Crippen LogP contribution in [0, 0.1) is 6.92 Å². The summed E-state index contributed by atoms with van der Waals surface area (Å²) in [7, 11) is 0. The Morgan fingerprint density at radius 2 is 1.86 bits per heavy atom. The van der Waals surface area contributed by atoms with Crippen LogP contribution in [0.5, 0.6) is 0 Å². The van der Waals surface area contributed by atoms with Crippen LogP contribution in [-0.4, -0.2) is 18.1 Å². The van der Waals surface area contributed by atoms with Gasteiger partial charge in [0.15, 0.2) is 5.58 Å². The molecule has 1 aromatic heterocycles. The third kappa shape index (κ3) is 2.19. The number of benzene rings is 2. The molecule has 2 aromatic carbocycles. The summed E-state index contributed by atoms with van der Waals surface area (Å²) in [4.78, 5) is 7.04. The summed E-state index contributed by atoms with van der Waals surface area (Å²) in [6, 6.07) is 14.5. The number of nitrogens with zero attached hydrogens (tertiary/aromatic N) is 2. The van der Waals surface area contributed by atoms with Gasteiger partial charge in [0, 0.05) is 30.4 Å². The molecular weight excluding hydrogens is 260 g/mol. The molecule has 2 heterocycles. The summed E-state index contributed by atoms with van der Waals surface area (Å²) in [6.07, 6.45) is 2.56. The molecule has 0 spiro atoms. The zero-order chi connectivity index (χ0) is 14.2. The monoisotopic (exact) mass is 278 g/mol. The Balaban J connectivity index is 1.78. The molecule has 0 saturated carbocycles. The molecule has 4 rings (SSSR count). The van der Waals surface area contributed by atoms with Gasteiger partial charge in [-0.25, -0.2) is 4.98 Å². The largest absolute Gasteiger partial charge is 0.436 e. The van der Waals surface area contributed by atoms with Gasteiger partial charge in [0.25, 0.3) is 0 Å². The van der Waals surface area contributed by atoms with Crippen molar-refractivity contribution < 1.29 is 4.42 Å². The smallest absolute Gasteiger partial charge is 0.227 e. The number of aryl methyl sites for hydroxylation is 1. The third-order valence-corrected chi connectivity index (χ3v) is 4.22. The molecule has 1 aliphatic heterocycles. The van der Waals surface area contributed by atoms with Crippen molar-refractivity contribution in [2.75, 3.05) is 18.0 Å². The molecular formula is C18H18N2O. The zero-order valence-corrected chi connectivity index (χ0v) is 12.2. The zero-order valence-electron chi connectivity index (χ0n) is 12.2. The minimum Gasteiger partial charge on any atom is -0.436 e. The normalized spacial score (nSPS) is 15.0. The molecule has 0 amide bonds. The average Bonchev–Trinajstić information content (AvgIpc) is 3.16. The summed E-state index contributed by atoms with van der Waals surface area (Å²) < 4.78 is 6.00. The van der Waals surface area contributed by atoms with E-state index in [0.717, 1.165) is 29.8 Å². The lowest BCUT2D eigenvalue weighted by atomic mass is 10.1. The van der Waals surface area contributed by atoms with Crippen LogP contribution < -0.4 is 4.90 Å². The molecule has 106 valence electrons. The third-order valence-electron chi connectivity index (χ3n) is 4.22. The summed E-state index contributed by atoms with van der Waals surface area (Å²) in [6.45, 7) is 4.37. The van der Waals surface area contributed by atoms with Gasteiger partial charge in [-0.15, -0.1) is 0 Å². The second-order valence-electron chi connectivity index (χ2n) is 5.68. The van der Waals surface area contributed by atoms with Gasteiger partial charge in [-0.2, -0.15) is 0 Å². The van der Waals surface area contributed by atoms with E-state index in [1.165, 1.54) is 24.1 Å². The van der Waals surface area contributed by atoms with Gasteiger partial charge in [-0.3, -0.25) is 0 Å². The Hall–Kier alpha value is -2.29. The first-order valence-electron chi connectivity index (χ1n) is 7.53. The predicted octanol–water partition coefficient (Wildman–Crippen LogP) is 4.40. The average molecular weight is 278 g/mol. The number of hydrogen-bond acceptors (Lipinski definition) is 3. The van der Waals surface area contributed by atoms with Gasteiger partial charge >= 0.3 is 0 Å². The molecule has 0 aliphatic carbocycles. The van der Waals surface area contributed by atoms with Gasteiger partial charge in [0.2, 0.25) is 5.89 Å². The van der Waals surface area contributed by atoms with Crippen LogP contribution in [0.1, 0.15) is 18.4 Å². The highest BCUT2D eigenvalue weighted by Crippen LogP contribution is 2.30. The van der Waals surface area contributed by atoms with E-state index in [4.69, 9.17) is 4.42 Å². The van der Waals surface area contributed by atoms with Crippen LogP contribution in [0.4, 0.5) is 5.69 Å². The lowest BCUT2D eigenvalue weighted by molar-refractivity contribution is 0.619. The van der Waals surface area contributed by atoms with Crippen molar-refractivity contribution in [2.24, 2.45) is 0 Å². The number of aromatic nitrogens is 1. The highest BCUT2D eigenvalue weighted by Gasteiger charge is 2.15. The van der Waals surface area contributed by atoms with Gasteiger partial charge in [-0.05, 0) is 43.5 Å². The molecule has 3 aromatic rings. The Kier molecular flexibility index (Phi) is 2.92. The molecule has 3 nitrogen and oxygen atoms in total. The molecule has 3 heteroatoms. The van der Waals surface area contributed by atoms with Crippen molar-refractivity contribution in [3.05, 3.63) is 48.0 Å². The van der Waals surface area contributed by atoms with Crippen LogP contribution in [0.15, 0.2) is 46.9 Å². The first-order valence-corrected chi connectivity index (χ1v) is 7.53. The summed E-state index contributed by atoms with van der Waals surface area (Å²) >= 11 is 0. The van der Waals surface area contributed by atoms with E-state index in [9.17, 15) is 0 Å². The fourth-order valence-electron chi connectivity index (χ4n) is 3.01. The van der Waals surface area contributed by atoms with E-state index in [1.807, 2.05) is 12.1 Å². The van der Waals surface area contributed by atoms with Crippen LogP contribution in [0.3, 0.4) is 0 Å². The fourth-order valence-corrected chi connectivity index (χ4v) is 3.01. The maximum absolute atomic E-state index is 6.00. The number of oxazole rings is 1. The van der Waals surface area contributed by atoms with Crippen molar-refractivity contribution >= 4 is 16.8 Å². The topological polar surface area (TPSA) is 29.3 Å². The summed E-state index contributed by atoms with van der Waals surface area (Å²) in [5, 5.41) is 0. The number of anilines is 1. The first-order chi connectivity index (χ1) is 10.3. The molecule has 21 heavy (non-hydrogen) atoms. The number of fused-ring (bicyclic) bond motifs is 1. The standard InChI is InChI=1S/C18H18N2O/c1-13-6-2-3-7-15(13)18-19-16-9-8-14(12-17(16)21-18)20-10-4-5-11-20/h2-3,6-9,12H,4-5,10-11H2,1H3. The quantitative estimate of drug-likeness (QED) is 0.695. The van der Waals surface area contributed by atoms with E-state index in [0.29, 0.717) is 5.89 Å². The molecule has 0 bridgehead atoms. The maximum atomic E-state index is 6.00. The van der Waals surface area contributed by atoms with E-state index < -0.39 is 0 Å². The molecule has 0 N–H and O–H groups in total. The van der Waals surface area contributed by atoms with Gasteiger partial charge in [0.1, 0.15) is 5.52 Å². The van der Waals surface area contributed by atoms with Crippen LogP contribution in [-0.2, 0) is 0 Å². The van der Waals surface area contributed by atoms with Crippen molar-refractivity contribution in [2.45, 2.75) is 19.8 Å². The second kappa shape index (κ2) is 4.92. The Bertz CT molecular complexity index is 785. The maximum Gasteiger partial charge on any atom is 0.227 e. The lowest BCUT2D eigenvalue weighted by Gasteiger charge is -2.16. The van der Waals surface area contributed by atoms with E-state index >= 15 is 0 Å². The van der Waals surface area contributed by atoms with Crippen molar-refractivity contribution in [3.8, 4) is 11.5 Å². The molecule has 0 atom stereocenters. The minimum atomic E-state index is 0.710. The van der Waals surface area contributed by atoms with Crippen molar-refractivity contribution in [3.63, 3.8) is 0 Å². The van der Waals surface area contributed by atoms with E-state index in [1.54, 1.807) is 0 Å². The highest BCUT2D eigenvalue weighted by molar-refractivity contribution is 5.80. The van der Waals surface area contributed by atoms with Crippen LogP contribution in [0.25, 0.3) is 22.6 Å². The second-order valence-corrected chi connectivity index (χ2v) is 5.68. The Morgan fingerprint density at radius 3 is 2.67 bits per heavy atom. The van der Waals surface area contributed by atoms with Crippen LogP contribution in [0.2, 0.25) is 0 Å². The summed E-state index contributed by atoms with van der Waals surface area (Å²) in [5.41, 5.74) is 5.29. The first kappa shape index (κ1) is 12.5. The Labute approximate surface area is 124 Å². The molecule has 0 unspecified atom stereocenters. The Morgan fingerprint density at radius 1 is 1.05 bits per heavy atom. The number of hydrogen-bond donors (Lipinski definition) is 0. The fraction of sp³-hybridized carbons (Fsp3) is 0.278. The van der Waals surface area contributed by atoms with Crippen molar-refractivity contribution in [1.82, 2.24) is 4.98 Å². The SMILES string of the molecule is Cc1ccccc1-c1nc2ccc(N3CCCC3)cc2o1. The van der Waals surface area contributed by atoms with E-state index in [-0.39, 0.29) is 0 Å². The van der Waals surface area contributed by atoms with Gasteiger partial charge in [0.05, 0.1) is 0 Å². The molecule has 1 saturated heterocycles. The lowest BCUT2D eigenvalue weighted by Crippen LogP contribution is -2.17. The van der Waals surface area contributed by atoms with Gasteiger partial charge < -0.3 is 9.32 Å². The van der Waals surface area contributed by atoms with Gasteiger partial charge in [-0.1, -0.05) is 18.2 Å². The molecule has 0 radical (unpaired) electrons. The minimum absolute atomic E-state index is 0.710.